The van der Waals surface area contributed by atoms with Crippen LogP contribution in [0.3, 0.4) is 0 Å². The fourth-order valence-electron chi connectivity index (χ4n) is 1.46. The number of rotatable bonds is 1. The van der Waals surface area contributed by atoms with Crippen molar-refractivity contribution < 1.29 is 0 Å². The van der Waals surface area contributed by atoms with E-state index in [0.29, 0.717) is 5.92 Å². The van der Waals surface area contributed by atoms with Gasteiger partial charge in [0.05, 0.1) is 5.69 Å². The first-order valence-electron chi connectivity index (χ1n) is 4.14. The third-order valence-electron chi connectivity index (χ3n) is 2.11. The second kappa shape index (κ2) is 2.94. The SMILES string of the molecule is Cc1cccnc1C1C=CC=C1. The molecule has 1 aromatic heterocycles. The van der Waals surface area contributed by atoms with Crippen molar-refractivity contribution in [3.05, 3.63) is 53.9 Å². The maximum atomic E-state index is 4.36. The Labute approximate surface area is 72.5 Å². The highest BCUT2D eigenvalue weighted by atomic mass is 14.7. The first-order valence-corrected chi connectivity index (χ1v) is 4.14. The third-order valence-corrected chi connectivity index (χ3v) is 2.11. The molecule has 0 fully saturated rings. The van der Waals surface area contributed by atoms with Gasteiger partial charge in [-0.3, -0.25) is 4.98 Å². The summed E-state index contributed by atoms with van der Waals surface area (Å²) in [5.41, 5.74) is 2.43. The molecule has 0 amide bonds. The zero-order chi connectivity index (χ0) is 8.39. The number of aromatic nitrogens is 1. The monoisotopic (exact) mass is 157 g/mol. The Morgan fingerprint density at radius 1 is 1.25 bits per heavy atom. The fourth-order valence-corrected chi connectivity index (χ4v) is 1.46. The molecule has 0 aliphatic heterocycles. The molecule has 2 rings (SSSR count). The van der Waals surface area contributed by atoms with Crippen molar-refractivity contribution in [2.45, 2.75) is 12.8 Å². The molecule has 0 bridgehead atoms. The maximum absolute atomic E-state index is 4.36. The molecule has 1 aliphatic carbocycles. The molecule has 12 heavy (non-hydrogen) atoms. The summed E-state index contributed by atoms with van der Waals surface area (Å²) in [6.07, 6.45) is 10.3. The smallest absolute Gasteiger partial charge is 0.0539 e. The van der Waals surface area contributed by atoms with Gasteiger partial charge in [-0.05, 0) is 18.6 Å². The largest absolute Gasteiger partial charge is 0.260 e. The van der Waals surface area contributed by atoms with E-state index in [0.717, 1.165) is 0 Å². The lowest BCUT2D eigenvalue weighted by Gasteiger charge is -2.06. The van der Waals surface area contributed by atoms with Crippen molar-refractivity contribution in [1.82, 2.24) is 4.98 Å². The second-order valence-electron chi connectivity index (χ2n) is 3.00. The van der Waals surface area contributed by atoms with Crippen LogP contribution in [0.1, 0.15) is 17.2 Å². The standard InChI is InChI=1S/C11H11N/c1-9-5-4-8-12-11(9)10-6-2-3-7-10/h2-8,10H,1H3. The van der Waals surface area contributed by atoms with Gasteiger partial charge in [0.25, 0.3) is 0 Å². The molecule has 60 valence electrons. The molecule has 0 radical (unpaired) electrons. The Bertz CT molecular complexity index is 325. The van der Waals surface area contributed by atoms with Gasteiger partial charge >= 0.3 is 0 Å². The lowest BCUT2D eigenvalue weighted by Crippen LogP contribution is -1.96. The van der Waals surface area contributed by atoms with Crippen molar-refractivity contribution >= 4 is 0 Å². The Balaban J connectivity index is 2.39. The Hall–Kier alpha value is -1.37. The minimum atomic E-state index is 0.395. The zero-order valence-corrected chi connectivity index (χ0v) is 7.07. The summed E-state index contributed by atoms with van der Waals surface area (Å²) in [6.45, 7) is 2.10. The number of pyridine rings is 1. The molecule has 1 aliphatic rings. The van der Waals surface area contributed by atoms with Crippen LogP contribution < -0.4 is 0 Å². The van der Waals surface area contributed by atoms with Crippen LogP contribution in [0, 0.1) is 6.92 Å². The average Bonchev–Trinajstić information content (AvgIpc) is 2.57. The molecule has 0 atom stereocenters. The van der Waals surface area contributed by atoms with Crippen LogP contribution >= 0.6 is 0 Å². The molecule has 0 unspecified atom stereocenters. The van der Waals surface area contributed by atoms with Crippen LogP contribution in [0.4, 0.5) is 0 Å². The molecular formula is C11H11N. The number of hydrogen-bond donors (Lipinski definition) is 0. The lowest BCUT2D eigenvalue weighted by atomic mass is 10.0. The van der Waals surface area contributed by atoms with Gasteiger partial charge in [0, 0.05) is 12.1 Å². The highest BCUT2D eigenvalue weighted by Gasteiger charge is 2.09. The van der Waals surface area contributed by atoms with Crippen molar-refractivity contribution in [1.29, 1.82) is 0 Å². The highest BCUT2D eigenvalue weighted by Crippen LogP contribution is 2.23. The zero-order valence-electron chi connectivity index (χ0n) is 7.07. The molecule has 1 nitrogen and oxygen atoms in total. The maximum Gasteiger partial charge on any atom is 0.0539 e. The van der Waals surface area contributed by atoms with Crippen molar-refractivity contribution in [2.24, 2.45) is 0 Å². The minimum absolute atomic E-state index is 0.395. The number of nitrogens with zero attached hydrogens (tertiary/aromatic N) is 1. The summed E-state index contributed by atoms with van der Waals surface area (Å²) in [7, 11) is 0. The third kappa shape index (κ3) is 1.18. The van der Waals surface area contributed by atoms with Gasteiger partial charge in [0.15, 0.2) is 0 Å². The van der Waals surface area contributed by atoms with Gasteiger partial charge in [-0.15, -0.1) is 0 Å². The average molecular weight is 157 g/mol. The summed E-state index contributed by atoms with van der Waals surface area (Å²) in [5.74, 6) is 0.395. The molecule has 1 aromatic rings. The lowest BCUT2D eigenvalue weighted by molar-refractivity contribution is 0.981. The molecule has 0 spiro atoms. The van der Waals surface area contributed by atoms with Crippen LogP contribution in [-0.2, 0) is 0 Å². The quantitative estimate of drug-likeness (QED) is 0.610. The van der Waals surface area contributed by atoms with E-state index >= 15 is 0 Å². The highest BCUT2D eigenvalue weighted by molar-refractivity contribution is 5.34. The molecular weight excluding hydrogens is 146 g/mol. The number of allylic oxidation sites excluding steroid dienone is 4. The predicted molar refractivity (Wildman–Crippen MR) is 50.0 cm³/mol. The van der Waals surface area contributed by atoms with E-state index in [1.807, 2.05) is 12.3 Å². The normalized spacial score (nSPS) is 15.8. The number of hydrogen-bond acceptors (Lipinski definition) is 1. The summed E-state index contributed by atoms with van der Waals surface area (Å²) in [5, 5.41) is 0. The Morgan fingerprint density at radius 2 is 2.00 bits per heavy atom. The van der Waals surface area contributed by atoms with Crippen LogP contribution in [0.15, 0.2) is 42.6 Å². The second-order valence-corrected chi connectivity index (χ2v) is 3.00. The van der Waals surface area contributed by atoms with E-state index in [2.05, 4.69) is 42.3 Å². The Morgan fingerprint density at radius 3 is 2.67 bits per heavy atom. The topological polar surface area (TPSA) is 12.9 Å². The van der Waals surface area contributed by atoms with E-state index in [1.54, 1.807) is 0 Å². The first-order chi connectivity index (χ1) is 5.88. The van der Waals surface area contributed by atoms with Crippen LogP contribution in [-0.4, -0.2) is 4.98 Å². The van der Waals surface area contributed by atoms with E-state index in [1.165, 1.54) is 11.3 Å². The van der Waals surface area contributed by atoms with Crippen molar-refractivity contribution in [3.63, 3.8) is 0 Å². The first kappa shape index (κ1) is 7.29. The van der Waals surface area contributed by atoms with Gasteiger partial charge in [0.1, 0.15) is 0 Å². The summed E-state index contributed by atoms with van der Waals surface area (Å²) >= 11 is 0. The Kier molecular flexibility index (Phi) is 1.78. The van der Waals surface area contributed by atoms with Gasteiger partial charge in [-0.2, -0.15) is 0 Å². The van der Waals surface area contributed by atoms with Crippen LogP contribution in [0.25, 0.3) is 0 Å². The van der Waals surface area contributed by atoms with Gasteiger partial charge in [-0.25, -0.2) is 0 Å². The molecule has 1 heterocycles. The van der Waals surface area contributed by atoms with Gasteiger partial charge in [-0.1, -0.05) is 30.4 Å². The molecule has 1 heteroatoms. The van der Waals surface area contributed by atoms with Crippen LogP contribution in [0.5, 0.6) is 0 Å². The van der Waals surface area contributed by atoms with E-state index in [9.17, 15) is 0 Å². The van der Waals surface area contributed by atoms with Crippen molar-refractivity contribution in [3.8, 4) is 0 Å². The summed E-state index contributed by atoms with van der Waals surface area (Å²) in [4.78, 5) is 4.36. The minimum Gasteiger partial charge on any atom is -0.260 e. The molecule has 0 aromatic carbocycles. The summed E-state index contributed by atoms with van der Waals surface area (Å²) < 4.78 is 0. The fraction of sp³-hybridized carbons (Fsp3) is 0.182. The van der Waals surface area contributed by atoms with Crippen LogP contribution in [0.2, 0.25) is 0 Å². The van der Waals surface area contributed by atoms with Gasteiger partial charge < -0.3 is 0 Å². The van der Waals surface area contributed by atoms with Crippen molar-refractivity contribution in [2.75, 3.05) is 0 Å². The summed E-state index contributed by atoms with van der Waals surface area (Å²) in [6, 6.07) is 4.07. The van der Waals surface area contributed by atoms with E-state index in [-0.39, 0.29) is 0 Å². The molecule has 0 saturated carbocycles. The molecule has 0 N–H and O–H groups in total. The number of aryl methyl sites for hydroxylation is 1. The van der Waals surface area contributed by atoms with Gasteiger partial charge in [0.2, 0.25) is 0 Å². The van der Waals surface area contributed by atoms with E-state index < -0.39 is 0 Å². The molecule has 0 saturated heterocycles. The van der Waals surface area contributed by atoms with E-state index in [4.69, 9.17) is 0 Å². The predicted octanol–water partition coefficient (Wildman–Crippen LogP) is 2.60.